The number of anilines is 2. The quantitative estimate of drug-likeness (QED) is 0.590. The number of hydrogen-bond acceptors (Lipinski definition) is 7. The topological polar surface area (TPSA) is 104 Å². The molecule has 1 aliphatic heterocycles. The van der Waals surface area contributed by atoms with E-state index < -0.39 is 4.92 Å². The fraction of sp³-hybridized carbons (Fsp3) is 0.450. The van der Waals surface area contributed by atoms with Gasteiger partial charge < -0.3 is 15.1 Å². The number of nitro benzene ring substituents is 1. The van der Waals surface area contributed by atoms with Crippen LogP contribution in [0, 0.1) is 10.1 Å². The van der Waals surface area contributed by atoms with Crippen molar-refractivity contribution in [2.24, 2.45) is 0 Å². The Morgan fingerprint density at radius 3 is 2.83 bits per heavy atom. The van der Waals surface area contributed by atoms with E-state index >= 15 is 0 Å². The third-order valence-corrected chi connectivity index (χ3v) is 5.55. The van der Waals surface area contributed by atoms with Gasteiger partial charge in [0.15, 0.2) is 5.82 Å². The monoisotopic (exact) mass is 396 g/mol. The highest BCUT2D eigenvalue weighted by atomic mass is 16.6. The Bertz CT molecular complexity index is 902. The van der Waals surface area contributed by atoms with Crippen molar-refractivity contribution < 1.29 is 9.72 Å². The number of nitrogens with zero attached hydrogens (tertiary/aromatic N) is 5. The van der Waals surface area contributed by atoms with E-state index in [4.69, 9.17) is 0 Å². The van der Waals surface area contributed by atoms with E-state index in [9.17, 15) is 14.9 Å². The molecule has 0 spiro atoms. The number of nitrogens with one attached hydrogen (secondary N) is 1. The van der Waals surface area contributed by atoms with Gasteiger partial charge in [0.05, 0.1) is 4.92 Å². The zero-order valence-electron chi connectivity index (χ0n) is 16.3. The second-order valence-corrected chi connectivity index (χ2v) is 7.64. The molecule has 4 rings (SSSR count). The smallest absolute Gasteiger partial charge is 0.293 e. The Morgan fingerprint density at radius 2 is 2.14 bits per heavy atom. The molecular weight excluding hydrogens is 372 g/mol. The number of aromatic nitrogens is 2. The Balaban J connectivity index is 1.54. The maximum Gasteiger partial charge on any atom is 0.293 e. The van der Waals surface area contributed by atoms with E-state index in [0.717, 1.165) is 38.0 Å². The van der Waals surface area contributed by atoms with E-state index in [2.05, 4.69) is 20.4 Å². The first-order valence-corrected chi connectivity index (χ1v) is 9.87. The van der Waals surface area contributed by atoms with Crippen molar-refractivity contribution in [3.63, 3.8) is 0 Å². The van der Waals surface area contributed by atoms with Gasteiger partial charge in [0.25, 0.3) is 11.6 Å². The summed E-state index contributed by atoms with van der Waals surface area (Å²) in [5.74, 6) is 0.559. The van der Waals surface area contributed by atoms with Crippen molar-refractivity contribution in [3.05, 3.63) is 52.2 Å². The zero-order valence-corrected chi connectivity index (χ0v) is 16.3. The SMILES string of the molecule is CN(c1ccc(C(=O)NC2CC2)cc1[N+](=O)[O-])C1CCCN(c2cccnn2)C1. The molecule has 9 heteroatoms. The molecule has 1 aromatic carbocycles. The number of nitro groups is 1. The summed E-state index contributed by atoms with van der Waals surface area (Å²) in [7, 11) is 1.87. The molecule has 0 bridgehead atoms. The maximum atomic E-state index is 12.3. The second-order valence-electron chi connectivity index (χ2n) is 7.64. The lowest BCUT2D eigenvalue weighted by molar-refractivity contribution is -0.384. The summed E-state index contributed by atoms with van der Waals surface area (Å²) < 4.78 is 0. The summed E-state index contributed by atoms with van der Waals surface area (Å²) >= 11 is 0. The molecule has 1 aliphatic carbocycles. The molecule has 1 saturated carbocycles. The Labute approximate surface area is 168 Å². The summed E-state index contributed by atoms with van der Waals surface area (Å²) in [6, 6.07) is 8.80. The van der Waals surface area contributed by atoms with Gasteiger partial charge in [-0.1, -0.05) is 0 Å². The average molecular weight is 396 g/mol. The lowest BCUT2D eigenvalue weighted by atomic mass is 10.0. The van der Waals surface area contributed by atoms with Crippen molar-refractivity contribution in [1.82, 2.24) is 15.5 Å². The number of piperidine rings is 1. The van der Waals surface area contributed by atoms with Crippen LogP contribution in [0.15, 0.2) is 36.5 Å². The van der Waals surface area contributed by atoms with Gasteiger partial charge in [-0.25, -0.2) is 0 Å². The molecule has 9 nitrogen and oxygen atoms in total. The van der Waals surface area contributed by atoms with Crippen LogP contribution in [0.25, 0.3) is 0 Å². The third-order valence-electron chi connectivity index (χ3n) is 5.55. The summed E-state index contributed by atoms with van der Waals surface area (Å²) in [6.07, 6.45) is 5.47. The number of hydrogen-bond donors (Lipinski definition) is 1. The number of likely N-dealkylation sites (N-methyl/N-ethyl adjacent to an activating group) is 1. The second kappa shape index (κ2) is 8.02. The summed E-state index contributed by atoms with van der Waals surface area (Å²) in [5.41, 5.74) is 0.794. The van der Waals surface area contributed by atoms with Crippen LogP contribution >= 0.6 is 0 Å². The van der Waals surface area contributed by atoms with Gasteiger partial charge in [0, 0.05) is 50.0 Å². The lowest BCUT2D eigenvalue weighted by Gasteiger charge is -2.38. The molecule has 2 aromatic rings. The van der Waals surface area contributed by atoms with Crippen LogP contribution in [0.4, 0.5) is 17.2 Å². The fourth-order valence-corrected chi connectivity index (χ4v) is 3.74. The first kappa shape index (κ1) is 19.1. The number of benzene rings is 1. The predicted molar refractivity (Wildman–Crippen MR) is 109 cm³/mol. The molecule has 1 unspecified atom stereocenters. The van der Waals surface area contributed by atoms with Gasteiger partial charge in [-0.2, -0.15) is 5.10 Å². The van der Waals surface area contributed by atoms with Crippen molar-refractivity contribution in [3.8, 4) is 0 Å². The maximum absolute atomic E-state index is 12.3. The molecule has 0 radical (unpaired) electrons. The van der Waals surface area contributed by atoms with E-state index in [1.54, 1.807) is 18.3 Å². The van der Waals surface area contributed by atoms with Crippen LogP contribution in [0.1, 0.15) is 36.0 Å². The number of carbonyl (C=O) groups excluding carboxylic acids is 1. The van der Waals surface area contributed by atoms with Crippen LogP contribution in [0.2, 0.25) is 0 Å². The van der Waals surface area contributed by atoms with Gasteiger partial charge in [0.2, 0.25) is 0 Å². The van der Waals surface area contributed by atoms with E-state index in [-0.39, 0.29) is 23.7 Å². The van der Waals surface area contributed by atoms with Gasteiger partial charge >= 0.3 is 0 Å². The Kier molecular flexibility index (Phi) is 5.28. The molecule has 1 atom stereocenters. The number of amides is 1. The molecule has 1 amide bonds. The standard InChI is InChI=1S/C20H24N6O3/c1-24(16-4-3-11-25(13-16)19-5-2-10-21-23-19)17-9-6-14(12-18(17)26(28)29)20(27)22-15-7-8-15/h2,5-6,9-10,12,15-16H,3-4,7-8,11,13H2,1H3,(H,22,27). The largest absolute Gasteiger partial charge is 0.364 e. The van der Waals surface area contributed by atoms with Crippen molar-refractivity contribution >= 4 is 23.1 Å². The first-order chi connectivity index (χ1) is 14.0. The predicted octanol–water partition coefficient (Wildman–Crippen LogP) is 2.38. The van der Waals surface area contributed by atoms with E-state index in [0.29, 0.717) is 17.8 Å². The van der Waals surface area contributed by atoms with Crippen molar-refractivity contribution in [2.45, 2.75) is 37.8 Å². The van der Waals surface area contributed by atoms with Gasteiger partial charge in [-0.3, -0.25) is 14.9 Å². The van der Waals surface area contributed by atoms with Crippen LogP contribution < -0.4 is 15.1 Å². The minimum Gasteiger partial charge on any atom is -0.364 e. The van der Waals surface area contributed by atoms with Gasteiger partial charge in [-0.05, 0) is 49.9 Å². The van der Waals surface area contributed by atoms with Crippen LogP contribution in [-0.4, -0.2) is 53.2 Å². The fourth-order valence-electron chi connectivity index (χ4n) is 3.74. The molecule has 2 fully saturated rings. The number of rotatable bonds is 6. The van der Waals surface area contributed by atoms with E-state index in [1.165, 1.54) is 6.07 Å². The lowest BCUT2D eigenvalue weighted by Crippen LogP contribution is -2.47. The molecule has 2 heterocycles. The molecule has 152 valence electrons. The van der Waals surface area contributed by atoms with Crippen molar-refractivity contribution in [2.75, 3.05) is 29.9 Å². The Morgan fingerprint density at radius 1 is 1.31 bits per heavy atom. The normalized spacial score (nSPS) is 18.9. The molecule has 1 aromatic heterocycles. The highest BCUT2D eigenvalue weighted by Crippen LogP contribution is 2.32. The third kappa shape index (κ3) is 4.28. The number of carbonyl (C=O) groups is 1. The molecule has 1 saturated heterocycles. The van der Waals surface area contributed by atoms with Crippen LogP contribution in [0.3, 0.4) is 0 Å². The molecule has 2 aliphatic rings. The van der Waals surface area contributed by atoms with Crippen LogP contribution in [-0.2, 0) is 0 Å². The highest BCUT2D eigenvalue weighted by molar-refractivity contribution is 5.96. The van der Waals surface area contributed by atoms with E-state index in [1.807, 2.05) is 24.1 Å². The van der Waals surface area contributed by atoms with Crippen molar-refractivity contribution in [1.29, 1.82) is 0 Å². The molecular formula is C20H24N6O3. The summed E-state index contributed by atoms with van der Waals surface area (Å²) in [5, 5.41) is 22.7. The Hall–Kier alpha value is -3.23. The minimum atomic E-state index is -0.414. The summed E-state index contributed by atoms with van der Waals surface area (Å²) in [4.78, 5) is 27.7. The first-order valence-electron chi connectivity index (χ1n) is 9.87. The highest BCUT2D eigenvalue weighted by Gasteiger charge is 2.29. The summed E-state index contributed by atoms with van der Waals surface area (Å²) in [6.45, 7) is 1.58. The zero-order chi connectivity index (χ0) is 20.4. The molecule has 29 heavy (non-hydrogen) atoms. The van der Waals surface area contributed by atoms with Gasteiger partial charge in [0.1, 0.15) is 5.69 Å². The molecule has 1 N–H and O–H groups in total. The minimum absolute atomic E-state index is 0.0485. The van der Waals surface area contributed by atoms with Crippen LogP contribution in [0.5, 0.6) is 0 Å². The average Bonchev–Trinajstić information content (AvgIpc) is 3.57. The van der Waals surface area contributed by atoms with Gasteiger partial charge in [-0.15, -0.1) is 5.10 Å².